The largest absolute Gasteiger partial charge is 0.351 e. The van der Waals surface area contributed by atoms with Gasteiger partial charge in [0.15, 0.2) is 0 Å². The van der Waals surface area contributed by atoms with Gasteiger partial charge < -0.3 is 5.32 Å². The third-order valence-electron chi connectivity index (χ3n) is 3.93. The molecule has 2 rings (SSSR count). The summed E-state index contributed by atoms with van der Waals surface area (Å²) < 4.78 is 0.509. The number of nitro groups is 1. The van der Waals surface area contributed by atoms with Crippen molar-refractivity contribution in [1.29, 1.82) is 0 Å². The van der Waals surface area contributed by atoms with E-state index in [1.165, 1.54) is 12.1 Å². The average molecular weight is 376 g/mol. The smallest absolute Gasteiger partial charge is 0.271 e. The molecule has 114 valence electrons. The van der Waals surface area contributed by atoms with Crippen molar-refractivity contribution in [2.45, 2.75) is 25.7 Å². The average Bonchev–Trinajstić information content (AvgIpc) is 2.93. The van der Waals surface area contributed by atoms with E-state index in [1.54, 1.807) is 6.07 Å². The molecule has 0 saturated heterocycles. The van der Waals surface area contributed by atoms with Gasteiger partial charge in [0, 0.05) is 40.0 Å². The first-order chi connectivity index (χ1) is 9.96. The summed E-state index contributed by atoms with van der Waals surface area (Å²) in [6.07, 6.45) is 4.28. The van der Waals surface area contributed by atoms with Crippen molar-refractivity contribution in [2.75, 3.05) is 12.4 Å². The molecule has 0 aromatic heterocycles. The minimum absolute atomic E-state index is 0.0326. The third-order valence-corrected chi connectivity index (χ3v) is 4.95. The van der Waals surface area contributed by atoms with Crippen LogP contribution in [0.2, 0.25) is 0 Å². The van der Waals surface area contributed by atoms with Gasteiger partial charge >= 0.3 is 0 Å². The molecule has 21 heavy (non-hydrogen) atoms. The number of halogens is 2. The van der Waals surface area contributed by atoms with Crippen molar-refractivity contribution in [1.82, 2.24) is 5.32 Å². The lowest BCUT2D eigenvalue weighted by molar-refractivity contribution is -0.385. The molecule has 1 aromatic rings. The fourth-order valence-corrected chi connectivity index (χ4v) is 3.51. The topological polar surface area (TPSA) is 72.2 Å². The summed E-state index contributed by atoms with van der Waals surface area (Å²) in [5, 5.41) is 13.7. The fraction of sp³-hybridized carbons (Fsp3) is 0.500. The Morgan fingerprint density at radius 1 is 1.38 bits per heavy atom. The van der Waals surface area contributed by atoms with Crippen LogP contribution < -0.4 is 5.32 Å². The molecule has 0 unspecified atom stereocenters. The number of carbonyl (C=O) groups is 1. The maximum Gasteiger partial charge on any atom is 0.271 e. The van der Waals surface area contributed by atoms with Crippen LogP contribution in [0.25, 0.3) is 0 Å². The highest BCUT2D eigenvalue weighted by Gasteiger charge is 2.33. The van der Waals surface area contributed by atoms with Crippen LogP contribution in [0, 0.1) is 15.5 Å². The zero-order chi connectivity index (χ0) is 15.5. The van der Waals surface area contributed by atoms with Crippen LogP contribution >= 0.6 is 27.5 Å². The number of nitrogens with zero attached hydrogens (tertiary/aromatic N) is 1. The number of carbonyl (C=O) groups excluding carboxylic acids is 1. The summed E-state index contributed by atoms with van der Waals surface area (Å²) >= 11 is 9.22. The molecule has 1 fully saturated rings. The highest BCUT2D eigenvalue weighted by molar-refractivity contribution is 9.10. The molecule has 1 aliphatic carbocycles. The Hall–Kier alpha value is -1.14. The molecule has 1 aliphatic rings. The Morgan fingerprint density at radius 2 is 2.05 bits per heavy atom. The van der Waals surface area contributed by atoms with Gasteiger partial charge in [0.05, 0.1) is 4.92 Å². The normalized spacial score (nSPS) is 16.7. The molecule has 1 saturated carbocycles. The van der Waals surface area contributed by atoms with Crippen LogP contribution in [0.15, 0.2) is 22.7 Å². The number of non-ortho nitro benzene ring substituents is 1. The first-order valence-electron chi connectivity index (χ1n) is 6.75. The van der Waals surface area contributed by atoms with Crippen LogP contribution in [0.4, 0.5) is 5.69 Å². The summed E-state index contributed by atoms with van der Waals surface area (Å²) in [6.45, 7) is 0.510. The Labute approximate surface area is 136 Å². The van der Waals surface area contributed by atoms with E-state index >= 15 is 0 Å². The first-order valence-corrected chi connectivity index (χ1v) is 8.08. The molecule has 0 heterocycles. The van der Waals surface area contributed by atoms with Crippen molar-refractivity contribution >= 4 is 39.1 Å². The van der Waals surface area contributed by atoms with Gasteiger partial charge in [-0.25, -0.2) is 0 Å². The standard InChI is InChI=1S/C14H16BrClN2O3/c15-11-5-10(6-12(7-11)18(20)21)13(19)17-9-14(8-16)3-1-2-4-14/h5-7H,1-4,8-9H2,(H,17,19). The molecule has 1 N–H and O–H groups in total. The zero-order valence-corrected chi connectivity index (χ0v) is 13.7. The Bertz CT molecular complexity index is 559. The second kappa shape index (κ2) is 6.75. The summed E-state index contributed by atoms with van der Waals surface area (Å²) in [6, 6.07) is 4.22. The minimum Gasteiger partial charge on any atom is -0.351 e. The van der Waals surface area contributed by atoms with E-state index in [9.17, 15) is 14.9 Å². The van der Waals surface area contributed by atoms with Gasteiger partial charge in [-0.05, 0) is 18.9 Å². The second-order valence-corrected chi connectivity index (χ2v) is 6.66. The quantitative estimate of drug-likeness (QED) is 0.482. The van der Waals surface area contributed by atoms with E-state index in [0.717, 1.165) is 25.7 Å². The van der Waals surface area contributed by atoms with Gasteiger partial charge in [-0.3, -0.25) is 14.9 Å². The van der Waals surface area contributed by atoms with Crippen LogP contribution in [0.5, 0.6) is 0 Å². The molecular weight excluding hydrogens is 360 g/mol. The summed E-state index contributed by atoms with van der Waals surface area (Å²) in [4.78, 5) is 22.5. The van der Waals surface area contributed by atoms with Crippen molar-refractivity contribution in [3.8, 4) is 0 Å². The van der Waals surface area contributed by atoms with E-state index in [2.05, 4.69) is 21.2 Å². The molecule has 1 amide bonds. The van der Waals surface area contributed by atoms with Crippen molar-refractivity contribution in [3.63, 3.8) is 0 Å². The first kappa shape index (κ1) is 16.2. The molecule has 0 atom stereocenters. The van der Waals surface area contributed by atoms with Crippen LogP contribution in [0.3, 0.4) is 0 Å². The number of hydrogen-bond acceptors (Lipinski definition) is 3. The summed E-state index contributed by atoms with van der Waals surface area (Å²) in [7, 11) is 0. The lowest BCUT2D eigenvalue weighted by Crippen LogP contribution is -2.37. The van der Waals surface area contributed by atoms with Gasteiger partial charge in [0.25, 0.3) is 11.6 Å². The molecule has 5 nitrogen and oxygen atoms in total. The third kappa shape index (κ3) is 3.95. The van der Waals surface area contributed by atoms with Crippen molar-refractivity contribution < 1.29 is 9.72 Å². The molecule has 0 bridgehead atoms. The Morgan fingerprint density at radius 3 is 2.62 bits per heavy atom. The maximum absolute atomic E-state index is 12.2. The van der Waals surface area contributed by atoms with Crippen molar-refractivity contribution in [3.05, 3.63) is 38.3 Å². The van der Waals surface area contributed by atoms with E-state index in [-0.39, 0.29) is 22.6 Å². The minimum atomic E-state index is -0.515. The molecule has 7 heteroatoms. The molecule has 1 aromatic carbocycles. The maximum atomic E-state index is 12.2. The number of amides is 1. The number of nitrogens with one attached hydrogen (secondary N) is 1. The molecule has 0 radical (unpaired) electrons. The highest BCUT2D eigenvalue weighted by Crippen LogP contribution is 2.38. The number of rotatable bonds is 5. The van der Waals surface area contributed by atoms with Crippen LogP contribution in [-0.2, 0) is 0 Å². The number of hydrogen-bond donors (Lipinski definition) is 1. The molecule has 0 spiro atoms. The van der Waals surface area contributed by atoms with E-state index in [0.29, 0.717) is 16.9 Å². The predicted octanol–water partition coefficient (Wildman–Crippen LogP) is 3.89. The van der Waals surface area contributed by atoms with E-state index < -0.39 is 4.92 Å². The van der Waals surface area contributed by atoms with Crippen molar-refractivity contribution in [2.24, 2.45) is 5.41 Å². The zero-order valence-electron chi connectivity index (χ0n) is 11.4. The fourth-order valence-electron chi connectivity index (χ4n) is 2.66. The second-order valence-electron chi connectivity index (χ2n) is 5.48. The number of nitro benzene ring substituents is 1. The van der Waals surface area contributed by atoms with Gasteiger partial charge in [0.1, 0.15) is 0 Å². The Kier molecular flexibility index (Phi) is 5.22. The SMILES string of the molecule is O=C(NCC1(CCl)CCCC1)c1cc(Br)cc([N+](=O)[O-])c1. The summed E-state index contributed by atoms with van der Waals surface area (Å²) in [5.41, 5.74) is 0.135. The molecule has 0 aliphatic heterocycles. The van der Waals surface area contributed by atoms with Gasteiger partial charge in [0.2, 0.25) is 0 Å². The monoisotopic (exact) mass is 374 g/mol. The lowest BCUT2D eigenvalue weighted by atomic mass is 9.88. The molecular formula is C14H16BrClN2O3. The number of alkyl halides is 1. The van der Waals surface area contributed by atoms with Gasteiger partial charge in [-0.15, -0.1) is 11.6 Å². The number of benzene rings is 1. The lowest BCUT2D eigenvalue weighted by Gasteiger charge is -2.26. The predicted molar refractivity (Wildman–Crippen MR) is 84.8 cm³/mol. The van der Waals surface area contributed by atoms with Crippen LogP contribution in [0.1, 0.15) is 36.0 Å². The Balaban J connectivity index is 2.08. The summed E-state index contributed by atoms with van der Waals surface area (Å²) in [5.74, 6) is 0.210. The van der Waals surface area contributed by atoms with E-state index in [1.807, 2.05) is 0 Å². The van der Waals surface area contributed by atoms with Gasteiger partial charge in [-0.1, -0.05) is 28.8 Å². The highest BCUT2D eigenvalue weighted by atomic mass is 79.9. The van der Waals surface area contributed by atoms with E-state index in [4.69, 9.17) is 11.6 Å². The van der Waals surface area contributed by atoms with Crippen LogP contribution in [-0.4, -0.2) is 23.3 Å². The van der Waals surface area contributed by atoms with Gasteiger partial charge in [-0.2, -0.15) is 0 Å².